The van der Waals surface area contributed by atoms with Crippen LogP contribution in [0.3, 0.4) is 0 Å². The van der Waals surface area contributed by atoms with Crippen LogP contribution in [0.1, 0.15) is 21.6 Å². The molecule has 0 spiro atoms. The molecule has 0 radical (unpaired) electrons. The smallest absolute Gasteiger partial charge is 0.259 e. The Balaban J connectivity index is 1.64. The molecule has 5 nitrogen and oxygen atoms in total. The van der Waals surface area contributed by atoms with Gasteiger partial charge in [-0.3, -0.25) is 9.78 Å². The van der Waals surface area contributed by atoms with Gasteiger partial charge in [-0.1, -0.05) is 48.5 Å². The van der Waals surface area contributed by atoms with Gasteiger partial charge < -0.3 is 5.32 Å². The fourth-order valence-corrected chi connectivity index (χ4v) is 2.99. The first-order valence-corrected chi connectivity index (χ1v) is 8.44. The first-order valence-electron chi connectivity index (χ1n) is 8.44. The summed E-state index contributed by atoms with van der Waals surface area (Å²) in [5, 5.41) is 8.42. The Bertz CT molecular complexity index is 1060. The average molecular weight is 342 g/mol. The molecule has 128 valence electrons. The number of rotatable bonds is 4. The number of fused-ring (bicyclic) bond motifs is 1. The van der Waals surface area contributed by atoms with Crippen molar-refractivity contribution < 1.29 is 4.79 Å². The van der Waals surface area contributed by atoms with Crippen LogP contribution in [0.25, 0.3) is 10.9 Å². The second-order valence-electron chi connectivity index (χ2n) is 6.15. The van der Waals surface area contributed by atoms with Gasteiger partial charge in [-0.2, -0.15) is 5.10 Å². The molecule has 4 aromatic rings. The molecular weight excluding hydrogens is 324 g/mol. The molecule has 2 aromatic carbocycles. The Morgan fingerprint density at radius 3 is 2.69 bits per heavy atom. The van der Waals surface area contributed by atoms with Crippen molar-refractivity contribution in [3.05, 3.63) is 89.7 Å². The van der Waals surface area contributed by atoms with Gasteiger partial charge in [-0.25, -0.2) is 4.68 Å². The molecule has 1 N–H and O–H groups in total. The number of hydrogen-bond acceptors (Lipinski definition) is 3. The van der Waals surface area contributed by atoms with Gasteiger partial charge in [0.15, 0.2) is 0 Å². The number of hydrogen-bond donors (Lipinski definition) is 1. The van der Waals surface area contributed by atoms with Gasteiger partial charge in [-0.15, -0.1) is 0 Å². The van der Waals surface area contributed by atoms with E-state index in [0.29, 0.717) is 23.4 Å². The van der Waals surface area contributed by atoms with Crippen LogP contribution in [0, 0.1) is 6.92 Å². The number of aromatic nitrogens is 3. The maximum Gasteiger partial charge on any atom is 0.259 e. The van der Waals surface area contributed by atoms with Crippen molar-refractivity contribution in [2.24, 2.45) is 0 Å². The third-order valence-corrected chi connectivity index (χ3v) is 4.20. The van der Waals surface area contributed by atoms with Crippen LogP contribution in [0.5, 0.6) is 0 Å². The van der Waals surface area contributed by atoms with E-state index in [4.69, 9.17) is 0 Å². The van der Waals surface area contributed by atoms with Crippen molar-refractivity contribution in [2.45, 2.75) is 13.5 Å². The highest BCUT2D eigenvalue weighted by molar-refractivity contribution is 6.11. The summed E-state index contributed by atoms with van der Waals surface area (Å²) in [6.45, 7) is 2.51. The van der Waals surface area contributed by atoms with Crippen molar-refractivity contribution in [1.29, 1.82) is 0 Å². The van der Waals surface area contributed by atoms with Gasteiger partial charge >= 0.3 is 0 Å². The fourth-order valence-electron chi connectivity index (χ4n) is 2.99. The third-order valence-electron chi connectivity index (χ3n) is 4.20. The molecule has 0 aliphatic carbocycles. The van der Waals surface area contributed by atoms with Crippen molar-refractivity contribution in [3.8, 4) is 0 Å². The standard InChI is InChI=1S/C21H18N4O/c1-15-13-19(25(24-15)14-16-7-3-2-4-8-16)23-21(26)18-11-5-9-17-10-6-12-22-20(17)18/h2-13H,14H2,1H3,(H,23,26). The molecular formula is C21H18N4O. The highest BCUT2D eigenvalue weighted by Crippen LogP contribution is 2.19. The SMILES string of the molecule is Cc1cc(NC(=O)c2cccc3cccnc23)n(Cc2ccccc2)n1. The number of para-hydroxylation sites is 1. The van der Waals surface area contributed by atoms with Crippen molar-refractivity contribution in [3.63, 3.8) is 0 Å². The van der Waals surface area contributed by atoms with Crippen molar-refractivity contribution in [2.75, 3.05) is 5.32 Å². The first-order chi connectivity index (χ1) is 12.7. The van der Waals surface area contributed by atoms with Crippen LogP contribution in [-0.4, -0.2) is 20.7 Å². The number of benzene rings is 2. The number of nitrogens with zero attached hydrogens (tertiary/aromatic N) is 3. The molecule has 0 bridgehead atoms. The van der Waals surface area contributed by atoms with Crippen LogP contribution < -0.4 is 5.32 Å². The lowest BCUT2D eigenvalue weighted by Crippen LogP contribution is -2.16. The number of carbonyl (C=O) groups excluding carboxylic acids is 1. The molecule has 0 saturated carbocycles. The Morgan fingerprint density at radius 1 is 1.04 bits per heavy atom. The molecule has 0 atom stereocenters. The van der Waals surface area contributed by atoms with Crippen LogP contribution in [0.2, 0.25) is 0 Å². The summed E-state index contributed by atoms with van der Waals surface area (Å²) in [4.78, 5) is 17.2. The van der Waals surface area contributed by atoms with Crippen LogP contribution in [-0.2, 0) is 6.54 Å². The predicted molar refractivity (Wildman–Crippen MR) is 102 cm³/mol. The maximum absolute atomic E-state index is 12.8. The van der Waals surface area contributed by atoms with Gasteiger partial charge in [0, 0.05) is 17.6 Å². The molecule has 2 heterocycles. The molecule has 26 heavy (non-hydrogen) atoms. The summed E-state index contributed by atoms with van der Waals surface area (Å²) < 4.78 is 1.81. The monoisotopic (exact) mass is 342 g/mol. The molecule has 0 aliphatic heterocycles. The summed E-state index contributed by atoms with van der Waals surface area (Å²) >= 11 is 0. The topological polar surface area (TPSA) is 59.8 Å². The molecule has 0 fully saturated rings. The van der Waals surface area contributed by atoms with Gasteiger partial charge in [0.1, 0.15) is 5.82 Å². The summed E-state index contributed by atoms with van der Waals surface area (Å²) in [5.41, 5.74) is 3.22. The number of anilines is 1. The lowest BCUT2D eigenvalue weighted by Gasteiger charge is -2.10. The van der Waals surface area contributed by atoms with E-state index in [0.717, 1.165) is 16.6 Å². The zero-order chi connectivity index (χ0) is 17.9. The molecule has 5 heteroatoms. The Labute approximate surface area is 151 Å². The molecule has 2 aromatic heterocycles. The van der Waals surface area contributed by atoms with Crippen molar-refractivity contribution in [1.82, 2.24) is 14.8 Å². The van der Waals surface area contributed by atoms with E-state index in [1.165, 1.54) is 0 Å². The first kappa shape index (κ1) is 16.0. The second-order valence-corrected chi connectivity index (χ2v) is 6.15. The minimum Gasteiger partial charge on any atom is -0.307 e. The number of carbonyl (C=O) groups is 1. The van der Waals surface area contributed by atoms with E-state index in [9.17, 15) is 4.79 Å². The molecule has 0 unspecified atom stereocenters. The summed E-state index contributed by atoms with van der Waals surface area (Å²) in [6.07, 6.45) is 1.70. The van der Waals surface area contributed by atoms with E-state index in [1.54, 1.807) is 16.9 Å². The molecule has 0 aliphatic rings. The molecule has 0 saturated heterocycles. The number of nitrogens with one attached hydrogen (secondary N) is 1. The average Bonchev–Trinajstić information content (AvgIpc) is 3.00. The highest BCUT2D eigenvalue weighted by Gasteiger charge is 2.14. The summed E-state index contributed by atoms with van der Waals surface area (Å²) in [5.74, 6) is 0.479. The van der Waals surface area contributed by atoms with E-state index in [1.807, 2.05) is 67.6 Å². The zero-order valence-corrected chi connectivity index (χ0v) is 14.4. The Morgan fingerprint density at radius 2 is 1.85 bits per heavy atom. The van der Waals surface area contributed by atoms with Gasteiger partial charge in [0.2, 0.25) is 0 Å². The Kier molecular flexibility index (Phi) is 4.19. The quantitative estimate of drug-likeness (QED) is 0.609. The lowest BCUT2D eigenvalue weighted by molar-refractivity contribution is 0.102. The van der Waals surface area contributed by atoms with Gasteiger partial charge in [-0.05, 0) is 24.6 Å². The molecule has 4 rings (SSSR count). The van der Waals surface area contributed by atoms with E-state index in [2.05, 4.69) is 15.4 Å². The van der Waals surface area contributed by atoms with Crippen LogP contribution >= 0.6 is 0 Å². The second kappa shape index (κ2) is 6.80. The summed E-state index contributed by atoms with van der Waals surface area (Å²) in [6, 6.07) is 21.3. The van der Waals surface area contributed by atoms with Gasteiger partial charge in [0.25, 0.3) is 5.91 Å². The Hall–Kier alpha value is -3.47. The third kappa shape index (κ3) is 3.19. The normalized spacial score (nSPS) is 10.8. The van der Waals surface area contributed by atoms with E-state index >= 15 is 0 Å². The fraction of sp³-hybridized carbons (Fsp3) is 0.0952. The lowest BCUT2D eigenvalue weighted by atomic mass is 10.1. The number of pyridine rings is 1. The van der Waals surface area contributed by atoms with E-state index < -0.39 is 0 Å². The van der Waals surface area contributed by atoms with Gasteiger partial charge in [0.05, 0.1) is 23.3 Å². The number of amides is 1. The van der Waals surface area contributed by atoms with Crippen LogP contribution in [0.4, 0.5) is 5.82 Å². The number of aryl methyl sites for hydroxylation is 1. The minimum atomic E-state index is -0.191. The van der Waals surface area contributed by atoms with Crippen LogP contribution in [0.15, 0.2) is 72.9 Å². The highest BCUT2D eigenvalue weighted by atomic mass is 16.1. The molecule has 1 amide bonds. The zero-order valence-electron chi connectivity index (χ0n) is 14.4. The largest absolute Gasteiger partial charge is 0.307 e. The maximum atomic E-state index is 12.8. The van der Waals surface area contributed by atoms with Crippen molar-refractivity contribution >= 4 is 22.6 Å². The summed E-state index contributed by atoms with van der Waals surface area (Å²) in [7, 11) is 0. The minimum absolute atomic E-state index is 0.191. The van der Waals surface area contributed by atoms with E-state index in [-0.39, 0.29) is 5.91 Å². The predicted octanol–water partition coefficient (Wildman–Crippen LogP) is 4.04.